The summed E-state index contributed by atoms with van der Waals surface area (Å²) in [7, 11) is 0. The number of para-hydroxylation sites is 2. The summed E-state index contributed by atoms with van der Waals surface area (Å²) in [6.07, 6.45) is 2.36. The van der Waals surface area contributed by atoms with Gasteiger partial charge in [0.05, 0.1) is 17.1 Å². The summed E-state index contributed by atoms with van der Waals surface area (Å²) in [6.45, 7) is 3.90. The van der Waals surface area contributed by atoms with Crippen LogP contribution in [0.25, 0.3) is 16.7 Å². The van der Waals surface area contributed by atoms with Crippen molar-refractivity contribution < 1.29 is 4.79 Å². The molecule has 1 amide bonds. The Morgan fingerprint density at radius 2 is 1.90 bits per heavy atom. The van der Waals surface area contributed by atoms with Gasteiger partial charge in [-0.15, -0.1) is 0 Å². The summed E-state index contributed by atoms with van der Waals surface area (Å²) >= 11 is 1.25. The lowest BCUT2D eigenvalue weighted by Gasteiger charge is -2.25. The minimum absolute atomic E-state index is 0.00163. The minimum atomic E-state index is -0.415. The third-order valence-corrected chi connectivity index (χ3v) is 6.47. The number of carbonyl (C=O) groups excluding carboxylic acids is 1. The molecule has 4 aromatic rings. The number of H-pyrrole nitrogens is 1. The van der Waals surface area contributed by atoms with Gasteiger partial charge >= 0.3 is 0 Å². The molecule has 0 spiro atoms. The van der Waals surface area contributed by atoms with Crippen molar-refractivity contribution in [1.82, 2.24) is 19.7 Å². The van der Waals surface area contributed by atoms with E-state index in [2.05, 4.69) is 28.1 Å². The van der Waals surface area contributed by atoms with Gasteiger partial charge in [-0.3, -0.25) is 9.59 Å². The maximum atomic E-state index is 13.3. The quantitative estimate of drug-likeness (QED) is 0.395. The molecule has 2 unspecified atom stereocenters. The number of hydrogen-bond acceptors (Lipinski definition) is 5. The Labute approximate surface area is 183 Å². The fourth-order valence-corrected chi connectivity index (χ4v) is 4.87. The largest absolute Gasteiger partial charge is 0.308 e. The van der Waals surface area contributed by atoms with Gasteiger partial charge in [0.15, 0.2) is 10.8 Å². The van der Waals surface area contributed by atoms with E-state index in [1.54, 1.807) is 4.68 Å². The normalized spacial score (nSPS) is 16.5. The molecule has 3 heterocycles. The lowest BCUT2D eigenvalue weighted by molar-refractivity contribution is -0.118. The number of aromatic nitrogens is 4. The number of aromatic amines is 1. The number of nitrogens with one attached hydrogen (secondary N) is 1. The molecule has 0 aliphatic carbocycles. The summed E-state index contributed by atoms with van der Waals surface area (Å²) < 4.78 is 1.64. The molecule has 0 saturated heterocycles. The standard InChI is InChI=1S/C23H21N5O2S/c1-14-12-16-8-6-7-11-19(16)27(14)22(30)15(2)31-23-25-20-18(21(29)26-23)13-24-28(20)17-9-4-3-5-10-17/h3-11,13-15H,12H2,1-2H3,(H,25,26,29). The molecule has 2 aromatic carbocycles. The van der Waals surface area contributed by atoms with E-state index < -0.39 is 5.25 Å². The Balaban J connectivity index is 1.45. The van der Waals surface area contributed by atoms with Gasteiger partial charge in [0.25, 0.3) is 5.56 Å². The fraction of sp³-hybridized carbons (Fsp3) is 0.217. The Hall–Kier alpha value is -3.39. The van der Waals surface area contributed by atoms with E-state index >= 15 is 0 Å². The van der Waals surface area contributed by atoms with Crippen molar-refractivity contribution in [3.05, 3.63) is 76.7 Å². The van der Waals surface area contributed by atoms with Gasteiger partial charge in [-0.1, -0.05) is 48.2 Å². The molecule has 0 bridgehead atoms. The summed E-state index contributed by atoms with van der Waals surface area (Å²) in [5.41, 5.74) is 3.16. The second-order valence-corrected chi connectivity index (χ2v) is 8.98. The van der Waals surface area contributed by atoms with E-state index in [1.165, 1.54) is 23.5 Å². The summed E-state index contributed by atoms with van der Waals surface area (Å²) in [5, 5.41) is 4.73. The first kappa shape index (κ1) is 19.6. The van der Waals surface area contributed by atoms with Crippen LogP contribution in [-0.2, 0) is 11.2 Å². The predicted octanol–water partition coefficient (Wildman–Crippen LogP) is 3.57. The second kappa shape index (κ2) is 7.70. The van der Waals surface area contributed by atoms with Crippen LogP contribution < -0.4 is 10.5 Å². The zero-order chi connectivity index (χ0) is 21.5. The Bertz CT molecular complexity index is 1330. The zero-order valence-electron chi connectivity index (χ0n) is 17.1. The van der Waals surface area contributed by atoms with Crippen LogP contribution in [0.2, 0.25) is 0 Å². The van der Waals surface area contributed by atoms with E-state index in [0.717, 1.165) is 17.8 Å². The SMILES string of the molecule is CC(Sc1nc2c(cnn2-c2ccccc2)c(=O)[nH]1)C(=O)N1c2ccccc2CC1C. The van der Waals surface area contributed by atoms with E-state index in [9.17, 15) is 9.59 Å². The van der Waals surface area contributed by atoms with Crippen molar-refractivity contribution in [1.29, 1.82) is 0 Å². The van der Waals surface area contributed by atoms with Crippen molar-refractivity contribution >= 4 is 34.4 Å². The van der Waals surface area contributed by atoms with Gasteiger partial charge in [-0.05, 0) is 44.0 Å². The fourth-order valence-electron chi connectivity index (χ4n) is 4.03. The van der Waals surface area contributed by atoms with Crippen LogP contribution in [0.1, 0.15) is 19.4 Å². The number of rotatable bonds is 4. The molecule has 8 heteroatoms. The third kappa shape index (κ3) is 3.42. The van der Waals surface area contributed by atoms with Crippen molar-refractivity contribution in [2.24, 2.45) is 0 Å². The first-order chi connectivity index (χ1) is 15.0. The number of anilines is 1. The van der Waals surface area contributed by atoms with Crippen LogP contribution >= 0.6 is 11.8 Å². The average Bonchev–Trinajstić information content (AvgIpc) is 3.34. The highest BCUT2D eigenvalue weighted by atomic mass is 32.2. The highest BCUT2D eigenvalue weighted by Gasteiger charge is 2.33. The first-order valence-corrected chi connectivity index (χ1v) is 11.0. The summed E-state index contributed by atoms with van der Waals surface area (Å²) in [6, 6.07) is 17.6. The number of fused-ring (bicyclic) bond motifs is 2. The van der Waals surface area contributed by atoms with Crippen LogP contribution in [0.3, 0.4) is 0 Å². The molecule has 1 N–H and O–H groups in total. The highest BCUT2D eigenvalue weighted by Crippen LogP contribution is 2.34. The van der Waals surface area contributed by atoms with Crippen LogP contribution in [0, 0.1) is 0 Å². The van der Waals surface area contributed by atoms with Crippen LogP contribution in [0.4, 0.5) is 5.69 Å². The molecule has 5 rings (SSSR count). The first-order valence-electron chi connectivity index (χ1n) is 10.1. The van der Waals surface area contributed by atoms with Gasteiger partial charge in [-0.25, -0.2) is 9.67 Å². The molecule has 156 valence electrons. The minimum Gasteiger partial charge on any atom is -0.308 e. The molecule has 1 aliphatic rings. The van der Waals surface area contributed by atoms with Crippen molar-refractivity contribution in [2.45, 2.75) is 36.7 Å². The molecule has 31 heavy (non-hydrogen) atoms. The van der Waals surface area contributed by atoms with Crippen LogP contribution in [0.15, 0.2) is 70.7 Å². The molecule has 7 nitrogen and oxygen atoms in total. The average molecular weight is 432 g/mol. The monoisotopic (exact) mass is 431 g/mol. The Morgan fingerprint density at radius 3 is 2.71 bits per heavy atom. The molecule has 2 atom stereocenters. The molecule has 0 radical (unpaired) electrons. The van der Waals surface area contributed by atoms with Crippen molar-refractivity contribution in [3.8, 4) is 5.69 Å². The number of nitrogens with zero attached hydrogens (tertiary/aromatic N) is 4. The number of thioether (sulfide) groups is 1. The van der Waals surface area contributed by atoms with E-state index in [4.69, 9.17) is 0 Å². The lowest BCUT2D eigenvalue weighted by atomic mass is 10.1. The van der Waals surface area contributed by atoms with Gasteiger partial charge in [0, 0.05) is 11.7 Å². The molecule has 2 aromatic heterocycles. The molecular weight excluding hydrogens is 410 g/mol. The van der Waals surface area contributed by atoms with E-state index in [0.29, 0.717) is 16.2 Å². The molecule has 0 fully saturated rings. The number of carbonyl (C=O) groups is 1. The smallest absolute Gasteiger partial charge is 0.262 e. The second-order valence-electron chi connectivity index (χ2n) is 7.65. The van der Waals surface area contributed by atoms with Crippen molar-refractivity contribution in [3.63, 3.8) is 0 Å². The summed E-state index contributed by atoms with van der Waals surface area (Å²) in [4.78, 5) is 35.2. The number of hydrogen-bond donors (Lipinski definition) is 1. The van der Waals surface area contributed by atoms with Gasteiger partial charge < -0.3 is 9.88 Å². The van der Waals surface area contributed by atoms with Gasteiger partial charge in [0.2, 0.25) is 5.91 Å². The number of amides is 1. The predicted molar refractivity (Wildman–Crippen MR) is 122 cm³/mol. The maximum absolute atomic E-state index is 13.3. The van der Waals surface area contributed by atoms with Gasteiger partial charge in [-0.2, -0.15) is 5.10 Å². The highest BCUT2D eigenvalue weighted by molar-refractivity contribution is 8.00. The molecule has 0 saturated carbocycles. The van der Waals surface area contributed by atoms with Gasteiger partial charge in [0.1, 0.15) is 5.39 Å². The Kier molecular flexibility index (Phi) is 4.86. The van der Waals surface area contributed by atoms with E-state index in [1.807, 2.05) is 60.4 Å². The topological polar surface area (TPSA) is 83.9 Å². The Morgan fingerprint density at radius 1 is 1.16 bits per heavy atom. The maximum Gasteiger partial charge on any atom is 0.262 e. The zero-order valence-corrected chi connectivity index (χ0v) is 18.0. The van der Waals surface area contributed by atoms with Crippen LogP contribution in [-0.4, -0.2) is 36.9 Å². The van der Waals surface area contributed by atoms with E-state index in [-0.39, 0.29) is 17.5 Å². The third-order valence-electron chi connectivity index (χ3n) is 5.50. The molecule has 1 aliphatic heterocycles. The lowest BCUT2D eigenvalue weighted by Crippen LogP contribution is -2.40. The van der Waals surface area contributed by atoms with Crippen LogP contribution in [0.5, 0.6) is 0 Å². The van der Waals surface area contributed by atoms with Crippen molar-refractivity contribution in [2.75, 3.05) is 4.90 Å². The summed E-state index contributed by atoms with van der Waals surface area (Å²) in [5.74, 6) is 0.00163. The number of benzene rings is 2. The molecular formula is C23H21N5O2S.